The maximum absolute atomic E-state index is 13.3. The summed E-state index contributed by atoms with van der Waals surface area (Å²) in [5, 5.41) is 0. The number of benzene rings is 2. The molecular formula is C16H7F3O2. The van der Waals surface area contributed by atoms with Crippen LogP contribution in [0.15, 0.2) is 36.4 Å². The minimum Gasteiger partial charge on any atom is -0.285 e. The second kappa shape index (κ2) is 4.70. The lowest BCUT2D eigenvalue weighted by Crippen LogP contribution is -2.20. The number of halogens is 3. The Bertz CT molecular complexity index is 799. The standard InChI is InChI=1S/C16H7F3O2/c17-12-6-9(7-13(18)14(12)19)11-5-8-3-1-2-4-10(8)15(20)16(11)21/h1-7H. The van der Waals surface area contributed by atoms with Gasteiger partial charge >= 0.3 is 0 Å². The Labute approximate surface area is 117 Å². The van der Waals surface area contributed by atoms with Gasteiger partial charge in [-0.25, -0.2) is 13.2 Å². The second-order valence-corrected chi connectivity index (χ2v) is 4.56. The predicted octanol–water partition coefficient (Wildman–Crippen LogP) is 3.41. The molecule has 0 saturated carbocycles. The van der Waals surface area contributed by atoms with Crippen LogP contribution in [0, 0.1) is 17.5 Å². The van der Waals surface area contributed by atoms with Crippen molar-refractivity contribution in [3.63, 3.8) is 0 Å². The summed E-state index contributed by atoms with van der Waals surface area (Å²) in [7, 11) is 0. The summed E-state index contributed by atoms with van der Waals surface area (Å²) in [6.45, 7) is 0. The molecule has 2 aromatic rings. The number of carbonyl (C=O) groups is 2. The average Bonchev–Trinajstić information content (AvgIpc) is 2.48. The third kappa shape index (κ3) is 2.07. The maximum Gasteiger partial charge on any atom is 0.234 e. The molecule has 0 fully saturated rings. The van der Waals surface area contributed by atoms with Crippen LogP contribution < -0.4 is 0 Å². The minimum atomic E-state index is -1.62. The van der Waals surface area contributed by atoms with E-state index in [1.807, 2.05) is 0 Å². The Kier molecular flexibility index (Phi) is 2.97. The van der Waals surface area contributed by atoms with Gasteiger partial charge in [0.05, 0.1) is 0 Å². The molecule has 0 saturated heterocycles. The lowest BCUT2D eigenvalue weighted by molar-refractivity contribution is -0.110. The molecule has 104 valence electrons. The largest absolute Gasteiger partial charge is 0.285 e. The summed E-state index contributed by atoms with van der Waals surface area (Å²) in [6.07, 6.45) is 1.37. The van der Waals surface area contributed by atoms with E-state index in [1.54, 1.807) is 18.2 Å². The van der Waals surface area contributed by atoms with E-state index in [9.17, 15) is 22.8 Å². The van der Waals surface area contributed by atoms with Crippen LogP contribution in [0.2, 0.25) is 0 Å². The fourth-order valence-corrected chi connectivity index (χ4v) is 2.22. The minimum absolute atomic E-state index is 0.156. The zero-order valence-corrected chi connectivity index (χ0v) is 10.5. The number of hydrogen-bond donors (Lipinski definition) is 0. The van der Waals surface area contributed by atoms with Crippen LogP contribution in [0.4, 0.5) is 13.2 Å². The van der Waals surface area contributed by atoms with E-state index >= 15 is 0 Å². The Morgan fingerprint density at radius 2 is 1.43 bits per heavy atom. The quantitative estimate of drug-likeness (QED) is 0.595. The highest BCUT2D eigenvalue weighted by atomic mass is 19.2. The van der Waals surface area contributed by atoms with Crippen LogP contribution in [0.1, 0.15) is 21.5 Å². The van der Waals surface area contributed by atoms with Gasteiger partial charge in [0.2, 0.25) is 11.6 Å². The number of hydrogen-bond acceptors (Lipinski definition) is 2. The first-order valence-electron chi connectivity index (χ1n) is 6.03. The van der Waals surface area contributed by atoms with Gasteiger partial charge in [0, 0.05) is 11.1 Å². The van der Waals surface area contributed by atoms with Crippen LogP contribution in [-0.4, -0.2) is 11.6 Å². The second-order valence-electron chi connectivity index (χ2n) is 4.56. The molecule has 0 N–H and O–H groups in total. The summed E-state index contributed by atoms with van der Waals surface area (Å²) >= 11 is 0. The third-order valence-electron chi connectivity index (χ3n) is 3.25. The van der Waals surface area contributed by atoms with Gasteiger partial charge in [-0.1, -0.05) is 24.3 Å². The zero-order chi connectivity index (χ0) is 15.1. The van der Waals surface area contributed by atoms with E-state index in [4.69, 9.17) is 0 Å². The van der Waals surface area contributed by atoms with E-state index in [0.29, 0.717) is 17.7 Å². The van der Waals surface area contributed by atoms with E-state index < -0.39 is 29.0 Å². The Hall–Kier alpha value is -2.69. The monoisotopic (exact) mass is 288 g/mol. The van der Waals surface area contributed by atoms with E-state index in [1.165, 1.54) is 12.1 Å². The topological polar surface area (TPSA) is 34.1 Å². The lowest BCUT2D eigenvalue weighted by Gasteiger charge is -2.14. The van der Waals surface area contributed by atoms with Crippen molar-refractivity contribution >= 4 is 23.2 Å². The zero-order valence-electron chi connectivity index (χ0n) is 10.5. The van der Waals surface area contributed by atoms with E-state index in [0.717, 1.165) is 0 Å². The van der Waals surface area contributed by atoms with Crippen molar-refractivity contribution in [2.24, 2.45) is 0 Å². The summed E-state index contributed by atoms with van der Waals surface area (Å²) in [6, 6.07) is 7.78. The molecular weight excluding hydrogens is 281 g/mol. The molecule has 3 rings (SSSR count). The number of allylic oxidation sites excluding steroid dienone is 1. The molecule has 0 aromatic heterocycles. The molecule has 21 heavy (non-hydrogen) atoms. The van der Waals surface area contributed by atoms with Crippen LogP contribution in [-0.2, 0) is 4.79 Å². The van der Waals surface area contributed by atoms with Crippen molar-refractivity contribution in [3.8, 4) is 0 Å². The Morgan fingerprint density at radius 1 is 0.810 bits per heavy atom. The van der Waals surface area contributed by atoms with Gasteiger partial charge in [0.1, 0.15) is 0 Å². The summed E-state index contributed by atoms with van der Waals surface area (Å²) in [4.78, 5) is 24.0. The fraction of sp³-hybridized carbons (Fsp3) is 0. The average molecular weight is 288 g/mol. The molecule has 0 heterocycles. The number of fused-ring (bicyclic) bond motifs is 1. The normalized spacial score (nSPS) is 14.0. The van der Waals surface area contributed by atoms with Gasteiger partial charge < -0.3 is 0 Å². The fourth-order valence-electron chi connectivity index (χ4n) is 2.22. The summed E-state index contributed by atoms with van der Waals surface area (Å²) in [5.74, 6) is -6.07. The van der Waals surface area contributed by atoms with Crippen LogP contribution in [0.5, 0.6) is 0 Å². The molecule has 1 aliphatic carbocycles. The van der Waals surface area contributed by atoms with Gasteiger partial charge in [0.15, 0.2) is 17.5 Å². The molecule has 2 nitrogen and oxygen atoms in total. The molecule has 0 spiro atoms. The highest BCUT2D eigenvalue weighted by molar-refractivity contribution is 6.61. The van der Waals surface area contributed by atoms with Crippen LogP contribution >= 0.6 is 0 Å². The summed E-state index contributed by atoms with van der Waals surface area (Å²) in [5.41, 5.74) is 0.382. The Balaban J connectivity index is 2.22. The third-order valence-corrected chi connectivity index (χ3v) is 3.25. The molecule has 0 radical (unpaired) electrons. The highest BCUT2D eigenvalue weighted by Crippen LogP contribution is 2.29. The molecule has 0 unspecified atom stereocenters. The molecule has 5 heteroatoms. The first-order valence-corrected chi connectivity index (χ1v) is 6.03. The molecule has 2 aromatic carbocycles. The number of carbonyl (C=O) groups excluding carboxylic acids is 2. The summed E-state index contributed by atoms with van der Waals surface area (Å²) < 4.78 is 39.5. The van der Waals surface area contributed by atoms with Crippen molar-refractivity contribution < 1.29 is 22.8 Å². The van der Waals surface area contributed by atoms with Crippen LogP contribution in [0.3, 0.4) is 0 Å². The first kappa shape index (κ1) is 13.3. The van der Waals surface area contributed by atoms with Crippen molar-refractivity contribution in [3.05, 3.63) is 70.5 Å². The molecule has 0 bridgehead atoms. The van der Waals surface area contributed by atoms with E-state index in [2.05, 4.69) is 0 Å². The predicted molar refractivity (Wildman–Crippen MR) is 70.0 cm³/mol. The Morgan fingerprint density at radius 3 is 2.10 bits per heavy atom. The van der Waals surface area contributed by atoms with Crippen LogP contribution in [0.25, 0.3) is 11.6 Å². The van der Waals surface area contributed by atoms with Gasteiger partial charge in [-0.05, 0) is 29.3 Å². The maximum atomic E-state index is 13.3. The van der Waals surface area contributed by atoms with Crippen molar-refractivity contribution in [1.82, 2.24) is 0 Å². The molecule has 0 aliphatic heterocycles. The highest BCUT2D eigenvalue weighted by Gasteiger charge is 2.29. The molecule has 0 atom stereocenters. The number of Topliss-reactive ketones (excluding diaryl/α,β-unsaturated/α-hetero) is 2. The van der Waals surface area contributed by atoms with Gasteiger partial charge in [-0.3, -0.25) is 9.59 Å². The van der Waals surface area contributed by atoms with Crippen molar-refractivity contribution in [1.29, 1.82) is 0 Å². The first-order chi connectivity index (χ1) is 9.99. The van der Waals surface area contributed by atoms with Crippen molar-refractivity contribution in [2.75, 3.05) is 0 Å². The SMILES string of the molecule is O=C1C(=O)c2ccccc2C=C1c1cc(F)c(F)c(F)c1. The lowest BCUT2D eigenvalue weighted by atomic mass is 9.87. The number of rotatable bonds is 1. The van der Waals surface area contributed by atoms with Gasteiger partial charge in [-0.15, -0.1) is 0 Å². The van der Waals surface area contributed by atoms with Gasteiger partial charge in [-0.2, -0.15) is 0 Å². The van der Waals surface area contributed by atoms with Crippen molar-refractivity contribution in [2.45, 2.75) is 0 Å². The molecule has 1 aliphatic rings. The smallest absolute Gasteiger partial charge is 0.234 e. The number of ketones is 2. The molecule has 0 amide bonds. The van der Waals surface area contributed by atoms with Gasteiger partial charge in [0.25, 0.3) is 0 Å². The van der Waals surface area contributed by atoms with E-state index in [-0.39, 0.29) is 16.7 Å².